The number of fused-ring (bicyclic) bond motifs is 1. The first-order valence-electron chi connectivity index (χ1n) is 5.93. The fourth-order valence-electron chi connectivity index (χ4n) is 1.86. The highest BCUT2D eigenvalue weighted by atomic mass is 16.5. The van der Waals surface area contributed by atoms with E-state index in [-0.39, 0.29) is 11.9 Å². The predicted molar refractivity (Wildman–Crippen MR) is 69.4 cm³/mol. The maximum atomic E-state index is 12.0. The van der Waals surface area contributed by atoms with Crippen molar-refractivity contribution in [2.45, 2.75) is 13.0 Å². The van der Waals surface area contributed by atoms with E-state index in [1.54, 1.807) is 7.11 Å². The summed E-state index contributed by atoms with van der Waals surface area (Å²) in [6, 6.07) is 7.65. The number of hydrogen-bond acceptors (Lipinski definition) is 3. The second-order valence-electron chi connectivity index (χ2n) is 4.33. The van der Waals surface area contributed by atoms with Gasteiger partial charge in [0.1, 0.15) is 12.4 Å². The molecule has 1 aromatic rings. The minimum atomic E-state index is -0.103. The van der Waals surface area contributed by atoms with Gasteiger partial charge in [-0.2, -0.15) is 0 Å². The molecule has 0 saturated carbocycles. The van der Waals surface area contributed by atoms with Gasteiger partial charge in [-0.15, -0.1) is 0 Å². The first-order chi connectivity index (χ1) is 8.70. The molecule has 1 aliphatic rings. The number of carbonyl (C=O) groups is 1. The van der Waals surface area contributed by atoms with Crippen LogP contribution in [0.5, 0.6) is 5.75 Å². The van der Waals surface area contributed by atoms with Crippen molar-refractivity contribution in [1.82, 2.24) is 5.32 Å². The van der Waals surface area contributed by atoms with Crippen molar-refractivity contribution >= 4 is 12.0 Å². The summed E-state index contributed by atoms with van der Waals surface area (Å²) in [6.07, 6.45) is 1.87. The molecule has 0 unspecified atom stereocenters. The van der Waals surface area contributed by atoms with Gasteiger partial charge in [-0.1, -0.05) is 18.2 Å². The van der Waals surface area contributed by atoms with Crippen LogP contribution in [0.25, 0.3) is 6.08 Å². The molecule has 1 aromatic carbocycles. The van der Waals surface area contributed by atoms with Gasteiger partial charge in [-0.25, -0.2) is 0 Å². The third kappa shape index (κ3) is 2.90. The molecule has 0 bridgehead atoms. The van der Waals surface area contributed by atoms with Gasteiger partial charge >= 0.3 is 0 Å². The lowest BCUT2D eigenvalue weighted by atomic mass is 10.1. The Morgan fingerprint density at radius 1 is 1.50 bits per heavy atom. The van der Waals surface area contributed by atoms with Crippen molar-refractivity contribution in [3.05, 3.63) is 35.4 Å². The molecular formula is C14H17NO3. The van der Waals surface area contributed by atoms with E-state index < -0.39 is 0 Å². The quantitative estimate of drug-likeness (QED) is 0.879. The zero-order valence-corrected chi connectivity index (χ0v) is 10.6. The molecule has 0 aliphatic carbocycles. The Hall–Kier alpha value is -1.81. The molecule has 1 amide bonds. The normalized spacial score (nSPS) is 15.1. The van der Waals surface area contributed by atoms with Crippen LogP contribution >= 0.6 is 0 Å². The summed E-state index contributed by atoms with van der Waals surface area (Å²) in [4.78, 5) is 12.0. The SMILES string of the molecule is COC[C@H](C)NC(=O)C1=Cc2ccccc2OC1. The number of hydrogen-bond donors (Lipinski definition) is 1. The van der Waals surface area contributed by atoms with E-state index in [0.717, 1.165) is 11.3 Å². The molecular weight excluding hydrogens is 230 g/mol. The highest BCUT2D eigenvalue weighted by Crippen LogP contribution is 2.25. The van der Waals surface area contributed by atoms with Gasteiger partial charge in [0.25, 0.3) is 5.91 Å². The molecule has 0 aromatic heterocycles. The lowest BCUT2D eigenvalue weighted by molar-refractivity contribution is -0.118. The standard InChI is InChI=1S/C14H17NO3/c1-10(8-17-2)15-14(16)12-7-11-5-3-4-6-13(11)18-9-12/h3-7,10H,8-9H2,1-2H3,(H,15,16)/t10-/m0/s1. The van der Waals surface area contributed by atoms with E-state index in [4.69, 9.17) is 9.47 Å². The number of benzene rings is 1. The van der Waals surface area contributed by atoms with Gasteiger partial charge in [0.2, 0.25) is 0 Å². The predicted octanol–water partition coefficient (Wildman–Crippen LogP) is 1.61. The highest BCUT2D eigenvalue weighted by Gasteiger charge is 2.18. The lowest BCUT2D eigenvalue weighted by Crippen LogP contribution is -2.37. The Balaban J connectivity index is 2.07. The summed E-state index contributed by atoms with van der Waals surface area (Å²) in [7, 11) is 1.61. The van der Waals surface area contributed by atoms with Gasteiger partial charge in [0.05, 0.1) is 12.2 Å². The number of carbonyl (C=O) groups excluding carboxylic acids is 1. The van der Waals surface area contributed by atoms with Crippen molar-refractivity contribution in [2.75, 3.05) is 20.3 Å². The van der Waals surface area contributed by atoms with Crippen molar-refractivity contribution in [3.63, 3.8) is 0 Å². The molecule has 0 fully saturated rings. The third-order valence-electron chi connectivity index (χ3n) is 2.72. The second-order valence-corrected chi connectivity index (χ2v) is 4.33. The van der Waals surface area contributed by atoms with E-state index in [1.807, 2.05) is 37.3 Å². The summed E-state index contributed by atoms with van der Waals surface area (Å²) in [5.74, 6) is 0.716. The maximum absolute atomic E-state index is 12.0. The van der Waals surface area contributed by atoms with E-state index in [1.165, 1.54) is 0 Å². The fraction of sp³-hybridized carbons (Fsp3) is 0.357. The van der Waals surface area contributed by atoms with Gasteiger partial charge in [-0.05, 0) is 19.1 Å². The van der Waals surface area contributed by atoms with Crippen LogP contribution in [0, 0.1) is 0 Å². The monoisotopic (exact) mass is 247 g/mol. The van der Waals surface area contributed by atoms with Gasteiger partial charge in [0.15, 0.2) is 0 Å². The van der Waals surface area contributed by atoms with Crippen LogP contribution in [0.3, 0.4) is 0 Å². The van der Waals surface area contributed by atoms with Crippen molar-refractivity contribution < 1.29 is 14.3 Å². The summed E-state index contributed by atoms with van der Waals surface area (Å²) < 4.78 is 10.5. The maximum Gasteiger partial charge on any atom is 0.250 e. The average molecular weight is 247 g/mol. The topological polar surface area (TPSA) is 47.6 Å². The molecule has 4 nitrogen and oxygen atoms in total. The minimum Gasteiger partial charge on any atom is -0.488 e. The number of ether oxygens (including phenoxy) is 2. The Bertz CT molecular complexity index is 468. The minimum absolute atomic E-state index is 0.0134. The summed E-state index contributed by atoms with van der Waals surface area (Å²) in [6.45, 7) is 2.71. The number of nitrogens with one attached hydrogen (secondary N) is 1. The Morgan fingerprint density at radius 2 is 2.28 bits per heavy atom. The van der Waals surface area contributed by atoms with E-state index in [2.05, 4.69) is 5.32 Å². The molecule has 0 spiro atoms. The zero-order valence-electron chi connectivity index (χ0n) is 10.6. The van der Waals surface area contributed by atoms with Gasteiger partial charge in [0, 0.05) is 18.7 Å². The molecule has 2 rings (SSSR count). The molecule has 1 heterocycles. The number of para-hydroxylation sites is 1. The highest BCUT2D eigenvalue weighted by molar-refractivity contribution is 5.99. The van der Waals surface area contributed by atoms with Crippen LogP contribution in [0.15, 0.2) is 29.8 Å². The van der Waals surface area contributed by atoms with Crippen LogP contribution < -0.4 is 10.1 Å². The third-order valence-corrected chi connectivity index (χ3v) is 2.72. The molecule has 96 valence electrons. The zero-order chi connectivity index (χ0) is 13.0. The largest absolute Gasteiger partial charge is 0.488 e. The first-order valence-corrected chi connectivity index (χ1v) is 5.93. The lowest BCUT2D eigenvalue weighted by Gasteiger charge is -2.19. The molecule has 4 heteroatoms. The van der Waals surface area contributed by atoms with Crippen LogP contribution in [-0.2, 0) is 9.53 Å². The fourth-order valence-corrected chi connectivity index (χ4v) is 1.86. The van der Waals surface area contributed by atoms with Gasteiger partial charge < -0.3 is 14.8 Å². The van der Waals surface area contributed by atoms with Crippen molar-refractivity contribution in [3.8, 4) is 5.75 Å². The second kappa shape index (κ2) is 5.69. The van der Waals surface area contributed by atoms with Crippen LogP contribution in [0.1, 0.15) is 12.5 Å². The Morgan fingerprint density at radius 3 is 3.06 bits per heavy atom. The molecule has 1 atom stereocenters. The summed E-state index contributed by atoms with van der Waals surface area (Å²) >= 11 is 0. The van der Waals surface area contributed by atoms with E-state index in [0.29, 0.717) is 18.8 Å². The van der Waals surface area contributed by atoms with Crippen LogP contribution in [-0.4, -0.2) is 32.3 Å². The van der Waals surface area contributed by atoms with E-state index in [9.17, 15) is 4.79 Å². The molecule has 1 N–H and O–H groups in total. The number of methoxy groups -OCH3 is 1. The van der Waals surface area contributed by atoms with Crippen molar-refractivity contribution in [1.29, 1.82) is 0 Å². The smallest absolute Gasteiger partial charge is 0.250 e. The molecule has 0 saturated heterocycles. The Labute approximate surface area is 107 Å². The summed E-state index contributed by atoms with van der Waals surface area (Å²) in [5, 5.41) is 2.87. The van der Waals surface area contributed by atoms with Crippen molar-refractivity contribution in [2.24, 2.45) is 0 Å². The van der Waals surface area contributed by atoms with Gasteiger partial charge in [-0.3, -0.25) is 4.79 Å². The van der Waals surface area contributed by atoms with Crippen LogP contribution in [0.4, 0.5) is 0 Å². The average Bonchev–Trinajstić information content (AvgIpc) is 2.38. The number of amides is 1. The number of rotatable bonds is 4. The Kier molecular flexibility index (Phi) is 3.99. The summed E-state index contributed by atoms with van der Waals surface area (Å²) in [5.41, 5.74) is 1.57. The molecule has 0 radical (unpaired) electrons. The molecule has 1 aliphatic heterocycles. The first kappa shape index (κ1) is 12.6. The van der Waals surface area contributed by atoms with E-state index >= 15 is 0 Å². The van der Waals surface area contributed by atoms with Crippen LogP contribution in [0.2, 0.25) is 0 Å². The molecule has 18 heavy (non-hydrogen) atoms.